The number of nitrogens with two attached hydrogens (primary N) is 1. The monoisotopic (exact) mass is 231 g/mol. The van der Waals surface area contributed by atoms with Gasteiger partial charge in [0.05, 0.1) is 10.9 Å². The molecule has 0 atom stereocenters. The van der Waals surface area contributed by atoms with Crippen LogP contribution >= 0.6 is 0 Å². The van der Waals surface area contributed by atoms with Crippen LogP contribution in [-0.4, -0.2) is 21.6 Å². The molecule has 0 bridgehead atoms. The molecule has 88 valence electrons. The average molecular weight is 231 g/mol. The predicted octanol–water partition coefficient (Wildman–Crippen LogP) is 0.619. The third-order valence-corrected chi connectivity index (χ3v) is 3.44. The van der Waals surface area contributed by atoms with Crippen molar-refractivity contribution < 1.29 is 5.11 Å². The third kappa shape index (κ3) is 1.51. The Labute approximate surface area is 97.3 Å². The Hall–Kier alpha value is -1.88. The summed E-state index contributed by atoms with van der Waals surface area (Å²) in [5.74, 6) is 0.752. The largest absolute Gasteiger partial charge is 0.508 e. The number of benzene rings is 1. The topological polar surface area (TPSA) is 92.0 Å². The van der Waals surface area contributed by atoms with Crippen molar-refractivity contribution in [2.45, 2.75) is 18.3 Å². The molecule has 1 fully saturated rings. The van der Waals surface area contributed by atoms with E-state index in [2.05, 4.69) is 9.97 Å². The minimum Gasteiger partial charge on any atom is -0.508 e. The van der Waals surface area contributed by atoms with E-state index in [1.807, 2.05) is 0 Å². The zero-order valence-corrected chi connectivity index (χ0v) is 9.23. The fourth-order valence-corrected chi connectivity index (χ4v) is 2.07. The van der Waals surface area contributed by atoms with Gasteiger partial charge in [0.2, 0.25) is 0 Å². The van der Waals surface area contributed by atoms with Gasteiger partial charge in [-0.1, -0.05) is 0 Å². The lowest BCUT2D eigenvalue weighted by Gasteiger charge is -2.11. The first-order chi connectivity index (χ1) is 8.14. The van der Waals surface area contributed by atoms with E-state index < -0.39 is 0 Å². The molecular weight excluding hydrogens is 218 g/mol. The first-order valence-electron chi connectivity index (χ1n) is 5.58. The molecule has 5 heteroatoms. The summed E-state index contributed by atoms with van der Waals surface area (Å²) in [7, 11) is 0. The SMILES string of the molecule is NCC1(c2nc3cc(O)ccc3c(=O)[nH]2)CC1. The average Bonchev–Trinajstić information content (AvgIpc) is 3.09. The standard InChI is InChI=1S/C12H13N3O2/c13-6-12(3-4-12)11-14-9-5-7(16)1-2-8(9)10(17)15-11/h1-2,5,16H,3-4,6,13H2,(H,14,15,17). The Kier molecular flexibility index (Phi) is 2.00. The molecular formula is C12H13N3O2. The number of phenolic OH excluding ortho intramolecular Hbond substituents is 1. The summed E-state index contributed by atoms with van der Waals surface area (Å²) in [4.78, 5) is 19.1. The highest BCUT2D eigenvalue weighted by molar-refractivity contribution is 5.79. The van der Waals surface area contributed by atoms with Crippen LogP contribution in [0.3, 0.4) is 0 Å². The number of fused-ring (bicyclic) bond motifs is 1. The number of hydrogen-bond acceptors (Lipinski definition) is 4. The van der Waals surface area contributed by atoms with Crippen molar-refractivity contribution in [2.24, 2.45) is 5.73 Å². The number of aromatic amines is 1. The Morgan fingerprint density at radius 1 is 1.47 bits per heavy atom. The van der Waals surface area contributed by atoms with Gasteiger partial charge in [0.25, 0.3) is 5.56 Å². The normalized spacial score (nSPS) is 17.2. The number of aromatic hydroxyl groups is 1. The number of nitrogens with one attached hydrogen (secondary N) is 1. The summed E-state index contributed by atoms with van der Waals surface area (Å²) in [6, 6.07) is 4.55. The second-order valence-corrected chi connectivity index (χ2v) is 4.60. The van der Waals surface area contributed by atoms with Gasteiger partial charge in [0.15, 0.2) is 0 Å². The van der Waals surface area contributed by atoms with Crippen LogP contribution in [0, 0.1) is 0 Å². The van der Waals surface area contributed by atoms with Crippen LogP contribution < -0.4 is 11.3 Å². The predicted molar refractivity (Wildman–Crippen MR) is 64.0 cm³/mol. The Balaban J connectivity index is 2.26. The van der Waals surface area contributed by atoms with Gasteiger partial charge in [-0.15, -0.1) is 0 Å². The van der Waals surface area contributed by atoms with Crippen LogP contribution in [-0.2, 0) is 5.41 Å². The summed E-state index contributed by atoms with van der Waals surface area (Å²) in [6.45, 7) is 0.486. The van der Waals surface area contributed by atoms with Gasteiger partial charge >= 0.3 is 0 Å². The quantitative estimate of drug-likeness (QED) is 0.706. The number of nitrogens with zero attached hydrogens (tertiary/aromatic N) is 1. The maximum Gasteiger partial charge on any atom is 0.258 e. The van der Waals surface area contributed by atoms with E-state index in [1.54, 1.807) is 6.07 Å². The molecule has 0 aliphatic heterocycles. The zero-order chi connectivity index (χ0) is 12.0. The molecule has 0 spiro atoms. The number of phenols is 1. The van der Waals surface area contributed by atoms with Crippen LogP contribution in [0.25, 0.3) is 10.9 Å². The van der Waals surface area contributed by atoms with E-state index >= 15 is 0 Å². The van der Waals surface area contributed by atoms with E-state index in [0.29, 0.717) is 23.3 Å². The van der Waals surface area contributed by atoms with Crippen molar-refractivity contribution in [1.29, 1.82) is 0 Å². The lowest BCUT2D eigenvalue weighted by molar-refractivity contribution is 0.476. The highest BCUT2D eigenvalue weighted by Gasteiger charge is 2.45. The van der Waals surface area contributed by atoms with E-state index in [1.165, 1.54) is 12.1 Å². The molecule has 0 unspecified atom stereocenters. The van der Waals surface area contributed by atoms with Crippen molar-refractivity contribution in [3.63, 3.8) is 0 Å². The first-order valence-corrected chi connectivity index (χ1v) is 5.58. The van der Waals surface area contributed by atoms with E-state index in [4.69, 9.17) is 5.73 Å². The molecule has 2 aromatic rings. The molecule has 5 nitrogen and oxygen atoms in total. The molecule has 0 radical (unpaired) electrons. The number of rotatable bonds is 2. The summed E-state index contributed by atoms with van der Waals surface area (Å²) in [5.41, 5.74) is 5.90. The van der Waals surface area contributed by atoms with Gasteiger partial charge in [0.1, 0.15) is 11.6 Å². The summed E-state index contributed by atoms with van der Waals surface area (Å²) < 4.78 is 0. The molecule has 1 aliphatic rings. The fourth-order valence-electron chi connectivity index (χ4n) is 2.07. The maximum atomic E-state index is 11.9. The van der Waals surface area contributed by atoms with Crippen LogP contribution in [0.4, 0.5) is 0 Å². The van der Waals surface area contributed by atoms with Gasteiger partial charge < -0.3 is 15.8 Å². The number of hydrogen-bond donors (Lipinski definition) is 3. The smallest absolute Gasteiger partial charge is 0.258 e. The van der Waals surface area contributed by atoms with Crippen molar-refractivity contribution in [2.75, 3.05) is 6.54 Å². The molecule has 1 aliphatic carbocycles. The van der Waals surface area contributed by atoms with Crippen LogP contribution in [0.15, 0.2) is 23.0 Å². The Morgan fingerprint density at radius 2 is 2.24 bits per heavy atom. The summed E-state index contributed by atoms with van der Waals surface area (Å²) in [5, 5.41) is 9.90. The van der Waals surface area contributed by atoms with Crippen LogP contribution in [0.1, 0.15) is 18.7 Å². The zero-order valence-electron chi connectivity index (χ0n) is 9.23. The molecule has 0 amide bonds. The van der Waals surface area contributed by atoms with Crippen molar-refractivity contribution in [3.8, 4) is 5.75 Å². The molecule has 17 heavy (non-hydrogen) atoms. The third-order valence-electron chi connectivity index (χ3n) is 3.44. The Morgan fingerprint density at radius 3 is 2.88 bits per heavy atom. The van der Waals surface area contributed by atoms with Gasteiger partial charge in [-0.3, -0.25) is 4.79 Å². The van der Waals surface area contributed by atoms with Crippen molar-refractivity contribution >= 4 is 10.9 Å². The Bertz CT molecular complexity index is 644. The number of aromatic nitrogens is 2. The highest BCUT2D eigenvalue weighted by Crippen LogP contribution is 2.45. The lowest BCUT2D eigenvalue weighted by atomic mass is 10.1. The molecule has 1 saturated carbocycles. The highest BCUT2D eigenvalue weighted by atomic mass is 16.3. The van der Waals surface area contributed by atoms with E-state index in [-0.39, 0.29) is 16.7 Å². The summed E-state index contributed by atoms with van der Waals surface area (Å²) in [6.07, 6.45) is 1.91. The van der Waals surface area contributed by atoms with Gasteiger partial charge in [-0.2, -0.15) is 0 Å². The van der Waals surface area contributed by atoms with Crippen LogP contribution in [0.2, 0.25) is 0 Å². The van der Waals surface area contributed by atoms with Crippen molar-refractivity contribution in [1.82, 2.24) is 9.97 Å². The molecule has 1 aromatic carbocycles. The van der Waals surface area contributed by atoms with Gasteiger partial charge in [0, 0.05) is 18.0 Å². The van der Waals surface area contributed by atoms with E-state index in [0.717, 1.165) is 12.8 Å². The maximum absolute atomic E-state index is 11.9. The van der Waals surface area contributed by atoms with Gasteiger partial charge in [-0.25, -0.2) is 4.98 Å². The second-order valence-electron chi connectivity index (χ2n) is 4.60. The first kappa shape index (κ1) is 10.3. The molecule has 1 aromatic heterocycles. The fraction of sp³-hybridized carbons (Fsp3) is 0.333. The second kappa shape index (κ2) is 3.30. The van der Waals surface area contributed by atoms with E-state index in [9.17, 15) is 9.90 Å². The summed E-state index contributed by atoms with van der Waals surface area (Å²) >= 11 is 0. The number of H-pyrrole nitrogens is 1. The minimum atomic E-state index is -0.176. The molecule has 0 saturated heterocycles. The minimum absolute atomic E-state index is 0.110. The van der Waals surface area contributed by atoms with Gasteiger partial charge in [-0.05, 0) is 25.0 Å². The molecule has 1 heterocycles. The molecule has 3 rings (SSSR count). The van der Waals surface area contributed by atoms with Crippen molar-refractivity contribution in [3.05, 3.63) is 34.4 Å². The molecule has 4 N–H and O–H groups in total. The van der Waals surface area contributed by atoms with Crippen LogP contribution in [0.5, 0.6) is 5.75 Å². The lowest BCUT2D eigenvalue weighted by Crippen LogP contribution is -2.25.